The van der Waals surface area contributed by atoms with E-state index in [1.54, 1.807) is 0 Å². The van der Waals surface area contributed by atoms with Gasteiger partial charge in [-0.2, -0.15) is 0 Å². The van der Waals surface area contributed by atoms with Gasteiger partial charge in [0, 0.05) is 5.92 Å². The molecule has 0 spiro atoms. The Morgan fingerprint density at radius 2 is 2.00 bits per heavy atom. The fourth-order valence-electron chi connectivity index (χ4n) is 2.11. The first kappa shape index (κ1) is 10.4. The molecular formula is C14H18O. The van der Waals surface area contributed by atoms with Crippen molar-refractivity contribution in [3.8, 4) is 0 Å². The SMILES string of the molecule is Cc1ccc([C@@H](O)[C@@H]2C=CCCC2)cc1. The van der Waals surface area contributed by atoms with Crippen LogP contribution in [0.5, 0.6) is 0 Å². The molecule has 1 N–H and O–H groups in total. The highest BCUT2D eigenvalue weighted by Crippen LogP contribution is 2.30. The van der Waals surface area contributed by atoms with E-state index in [1.165, 1.54) is 12.0 Å². The summed E-state index contributed by atoms with van der Waals surface area (Å²) in [5.41, 5.74) is 2.28. The van der Waals surface area contributed by atoms with Crippen molar-refractivity contribution in [2.75, 3.05) is 0 Å². The van der Waals surface area contributed by atoms with Crippen LogP contribution in [0.25, 0.3) is 0 Å². The molecule has 0 heterocycles. The van der Waals surface area contributed by atoms with E-state index < -0.39 is 0 Å². The molecule has 0 fully saturated rings. The second kappa shape index (κ2) is 4.63. The lowest BCUT2D eigenvalue weighted by Crippen LogP contribution is -2.12. The van der Waals surface area contributed by atoms with Crippen LogP contribution in [-0.4, -0.2) is 5.11 Å². The lowest BCUT2D eigenvalue weighted by molar-refractivity contribution is 0.123. The van der Waals surface area contributed by atoms with E-state index in [1.807, 2.05) is 12.1 Å². The molecule has 0 aliphatic heterocycles. The topological polar surface area (TPSA) is 20.2 Å². The molecule has 1 heteroatoms. The van der Waals surface area contributed by atoms with Gasteiger partial charge in [0.15, 0.2) is 0 Å². The van der Waals surface area contributed by atoms with Gasteiger partial charge in [-0.1, -0.05) is 42.0 Å². The molecule has 1 aromatic rings. The lowest BCUT2D eigenvalue weighted by atomic mass is 9.87. The highest BCUT2D eigenvalue weighted by atomic mass is 16.3. The minimum absolute atomic E-state index is 0.307. The Balaban J connectivity index is 2.12. The van der Waals surface area contributed by atoms with Gasteiger partial charge < -0.3 is 5.11 Å². The number of rotatable bonds is 2. The van der Waals surface area contributed by atoms with Crippen LogP contribution in [0.4, 0.5) is 0 Å². The Morgan fingerprint density at radius 3 is 2.60 bits per heavy atom. The fourth-order valence-corrected chi connectivity index (χ4v) is 2.11. The predicted molar refractivity (Wildman–Crippen MR) is 62.6 cm³/mol. The first-order chi connectivity index (χ1) is 7.27. The van der Waals surface area contributed by atoms with E-state index in [4.69, 9.17) is 0 Å². The minimum Gasteiger partial charge on any atom is -0.388 e. The van der Waals surface area contributed by atoms with Gasteiger partial charge in [0.05, 0.1) is 6.10 Å². The number of benzene rings is 1. The summed E-state index contributed by atoms with van der Waals surface area (Å²) >= 11 is 0. The molecule has 0 unspecified atom stereocenters. The Morgan fingerprint density at radius 1 is 1.27 bits per heavy atom. The molecular weight excluding hydrogens is 184 g/mol. The van der Waals surface area contributed by atoms with Crippen molar-refractivity contribution in [1.82, 2.24) is 0 Å². The van der Waals surface area contributed by atoms with Crippen LogP contribution in [0.1, 0.15) is 36.5 Å². The quantitative estimate of drug-likeness (QED) is 0.729. The largest absolute Gasteiger partial charge is 0.388 e. The molecule has 0 radical (unpaired) electrons. The number of hydrogen-bond donors (Lipinski definition) is 1. The number of hydrogen-bond acceptors (Lipinski definition) is 1. The average molecular weight is 202 g/mol. The molecule has 2 rings (SSSR count). The van der Waals surface area contributed by atoms with Crippen molar-refractivity contribution in [3.05, 3.63) is 47.5 Å². The second-order valence-electron chi connectivity index (χ2n) is 4.38. The van der Waals surface area contributed by atoms with Gasteiger partial charge in [-0.25, -0.2) is 0 Å². The van der Waals surface area contributed by atoms with E-state index in [2.05, 4.69) is 31.2 Å². The molecule has 2 atom stereocenters. The van der Waals surface area contributed by atoms with Crippen molar-refractivity contribution in [2.24, 2.45) is 5.92 Å². The van der Waals surface area contributed by atoms with Crippen LogP contribution in [0.3, 0.4) is 0 Å². The zero-order chi connectivity index (χ0) is 10.7. The Hall–Kier alpha value is -1.08. The summed E-state index contributed by atoms with van der Waals surface area (Å²) in [5, 5.41) is 10.2. The van der Waals surface area contributed by atoms with Gasteiger partial charge >= 0.3 is 0 Å². The molecule has 1 aromatic carbocycles. The molecule has 1 aliphatic rings. The average Bonchev–Trinajstić information content (AvgIpc) is 2.30. The number of aliphatic hydroxyl groups excluding tert-OH is 1. The van der Waals surface area contributed by atoms with E-state index in [0.29, 0.717) is 5.92 Å². The monoisotopic (exact) mass is 202 g/mol. The first-order valence-electron chi connectivity index (χ1n) is 5.68. The summed E-state index contributed by atoms with van der Waals surface area (Å²) in [4.78, 5) is 0. The minimum atomic E-state index is -0.331. The fraction of sp³-hybridized carbons (Fsp3) is 0.429. The molecule has 1 aliphatic carbocycles. The second-order valence-corrected chi connectivity index (χ2v) is 4.38. The van der Waals surface area contributed by atoms with Crippen LogP contribution in [0.2, 0.25) is 0 Å². The molecule has 0 bridgehead atoms. The van der Waals surface area contributed by atoms with Gasteiger partial charge in [-0.05, 0) is 31.7 Å². The summed E-state index contributed by atoms with van der Waals surface area (Å²) in [6.07, 6.45) is 7.48. The van der Waals surface area contributed by atoms with E-state index in [9.17, 15) is 5.11 Å². The lowest BCUT2D eigenvalue weighted by Gasteiger charge is -2.22. The zero-order valence-electron chi connectivity index (χ0n) is 9.19. The maximum atomic E-state index is 10.2. The smallest absolute Gasteiger partial charge is 0.0852 e. The van der Waals surface area contributed by atoms with Gasteiger partial charge in [0.2, 0.25) is 0 Å². The van der Waals surface area contributed by atoms with Crippen LogP contribution in [0, 0.1) is 12.8 Å². The number of allylic oxidation sites excluding steroid dienone is 1. The van der Waals surface area contributed by atoms with Crippen molar-refractivity contribution in [2.45, 2.75) is 32.3 Å². The maximum Gasteiger partial charge on any atom is 0.0852 e. The molecule has 0 aromatic heterocycles. The first-order valence-corrected chi connectivity index (χ1v) is 5.68. The number of aryl methyl sites for hydroxylation is 1. The third-order valence-corrected chi connectivity index (χ3v) is 3.12. The molecule has 0 amide bonds. The van der Waals surface area contributed by atoms with Crippen LogP contribution in [-0.2, 0) is 0 Å². The van der Waals surface area contributed by atoms with Crippen molar-refractivity contribution >= 4 is 0 Å². The Bertz CT molecular complexity index is 337. The molecule has 0 saturated heterocycles. The summed E-state index contributed by atoms with van der Waals surface area (Å²) in [6, 6.07) is 8.18. The van der Waals surface area contributed by atoms with Crippen LogP contribution >= 0.6 is 0 Å². The van der Waals surface area contributed by atoms with E-state index in [0.717, 1.165) is 18.4 Å². The highest BCUT2D eigenvalue weighted by Gasteiger charge is 2.19. The Labute approximate surface area is 91.4 Å². The van der Waals surface area contributed by atoms with Gasteiger partial charge in [-0.3, -0.25) is 0 Å². The van der Waals surface area contributed by atoms with Gasteiger partial charge in [-0.15, -0.1) is 0 Å². The van der Waals surface area contributed by atoms with Crippen LogP contribution < -0.4 is 0 Å². The molecule has 0 saturated carbocycles. The Kier molecular flexibility index (Phi) is 3.22. The summed E-state index contributed by atoms with van der Waals surface area (Å²) < 4.78 is 0. The van der Waals surface area contributed by atoms with Crippen molar-refractivity contribution < 1.29 is 5.11 Å². The normalized spacial score (nSPS) is 22.7. The summed E-state index contributed by atoms with van der Waals surface area (Å²) in [6.45, 7) is 2.07. The summed E-state index contributed by atoms with van der Waals surface area (Å²) in [7, 11) is 0. The highest BCUT2D eigenvalue weighted by molar-refractivity contribution is 5.24. The molecule has 80 valence electrons. The van der Waals surface area contributed by atoms with Gasteiger partial charge in [0.1, 0.15) is 0 Å². The molecule has 1 nitrogen and oxygen atoms in total. The van der Waals surface area contributed by atoms with E-state index >= 15 is 0 Å². The summed E-state index contributed by atoms with van der Waals surface area (Å²) in [5.74, 6) is 0.307. The van der Waals surface area contributed by atoms with Crippen molar-refractivity contribution in [1.29, 1.82) is 0 Å². The van der Waals surface area contributed by atoms with Crippen molar-refractivity contribution in [3.63, 3.8) is 0 Å². The van der Waals surface area contributed by atoms with Gasteiger partial charge in [0.25, 0.3) is 0 Å². The molecule has 15 heavy (non-hydrogen) atoms. The predicted octanol–water partition coefficient (Wildman–Crippen LogP) is 3.38. The third kappa shape index (κ3) is 2.48. The number of aliphatic hydroxyl groups is 1. The van der Waals surface area contributed by atoms with Crippen LogP contribution in [0.15, 0.2) is 36.4 Å². The standard InChI is InChI=1S/C14H18O/c1-11-7-9-13(10-8-11)14(15)12-5-3-2-4-6-12/h3,5,7-10,12,14-15H,2,4,6H2,1H3/t12-,14+/m1/s1. The van der Waals surface area contributed by atoms with E-state index in [-0.39, 0.29) is 6.10 Å². The maximum absolute atomic E-state index is 10.2. The third-order valence-electron chi connectivity index (χ3n) is 3.12. The zero-order valence-corrected chi connectivity index (χ0v) is 9.19.